The summed E-state index contributed by atoms with van der Waals surface area (Å²) in [5, 5.41) is 0. The fourth-order valence-corrected chi connectivity index (χ4v) is 3.77. The molecule has 3 rings (SSSR count). The zero-order chi connectivity index (χ0) is 24.4. The Balaban J connectivity index is 2.12. The Labute approximate surface area is 194 Å². The van der Waals surface area contributed by atoms with Crippen LogP contribution in [0, 0.1) is 11.8 Å². The second-order valence-electron chi connectivity index (χ2n) is 7.28. The minimum absolute atomic E-state index is 0.0507. The van der Waals surface area contributed by atoms with E-state index in [1.54, 1.807) is 12.1 Å². The fraction of sp³-hybridized carbons (Fsp3) is 0.238. The molecule has 4 radical (unpaired) electrons. The normalized spacial score (nSPS) is 18.3. The Morgan fingerprint density at radius 2 is 1.82 bits per heavy atom. The van der Waals surface area contributed by atoms with Gasteiger partial charge < -0.3 is 15.0 Å². The number of alkyl halides is 2. The van der Waals surface area contributed by atoms with Gasteiger partial charge in [0.25, 0.3) is 19.6 Å². The summed E-state index contributed by atoms with van der Waals surface area (Å²) < 4.78 is 37.1. The van der Waals surface area contributed by atoms with Crippen LogP contribution in [0.1, 0.15) is 18.1 Å². The van der Waals surface area contributed by atoms with E-state index in [4.69, 9.17) is 21.8 Å². The zero-order valence-electron chi connectivity index (χ0n) is 17.5. The molecule has 3 amide bonds. The number of carbonyl (C=O) groups excluding carboxylic acids is 2. The Bertz CT molecular complexity index is 1140. The molecule has 7 nitrogen and oxygen atoms in total. The fourth-order valence-electron chi connectivity index (χ4n) is 3.52. The lowest BCUT2D eigenvalue weighted by molar-refractivity contribution is -0.124. The van der Waals surface area contributed by atoms with E-state index in [0.717, 1.165) is 11.0 Å². The molecule has 166 valence electrons. The first-order valence-electron chi connectivity index (χ1n) is 9.53. The number of urea groups is 1. The molecule has 2 atom stereocenters. The SMILES string of the molecule is [B]OCC#CCN1C(=O)N(c2ccc(N)c(C(F)(F)P)c2)C(=O)C1(C)c1ccc(O[B])cc1. The number of halogens is 2. The molecule has 1 aliphatic heterocycles. The molecule has 0 aromatic heterocycles. The molecule has 0 saturated carbocycles. The smallest absolute Gasteiger partial charge is 0.374 e. The van der Waals surface area contributed by atoms with E-state index in [-0.39, 0.29) is 24.5 Å². The van der Waals surface area contributed by atoms with Gasteiger partial charge in [-0.05, 0) is 42.8 Å². The van der Waals surface area contributed by atoms with Gasteiger partial charge in [-0.2, -0.15) is 8.78 Å². The highest BCUT2D eigenvalue weighted by Crippen LogP contribution is 2.43. The van der Waals surface area contributed by atoms with Crippen molar-refractivity contribution in [3.05, 3.63) is 53.6 Å². The van der Waals surface area contributed by atoms with Crippen molar-refractivity contribution in [1.82, 2.24) is 4.90 Å². The summed E-state index contributed by atoms with van der Waals surface area (Å²) in [4.78, 5) is 29.1. The van der Waals surface area contributed by atoms with E-state index in [1.165, 1.54) is 45.3 Å². The molecule has 0 spiro atoms. The summed E-state index contributed by atoms with van der Waals surface area (Å²) in [7, 11) is 11.5. The molecule has 0 bridgehead atoms. The summed E-state index contributed by atoms with van der Waals surface area (Å²) >= 11 is 0. The van der Waals surface area contributed by atoms with Crippen molar-refractivity contribution < 1.29 is 27.7 Å². The molecule has 2 aromatic carbocycles. The molecule has 33 heavy (non-hydrogen) atoms. The summed E-state index contributed by atoms with van der Waals surface area (Å²) in [5.41, 5.74) is 0.492. The van der Waals surface area contributed by atoms with E-state index in [0.29, 0.717) is 11.3 Å². The maximum Gasteiger partial charge on any atom is 0.374 e. The van der Waals surface area contributed by atoms with E-state index < -0.39 is 28.7 Å². The van der Waals surface area contributed by atoms with E-state index in [2.05, 4.69) is 21.1 Å². The lowest BCUT2D eigenvalue weighted by Crippen LogP contribution is -2.44. The Kier molecular flexibility index (Phi) is 7.01. The Morgan fingerprint density at radius 3 is 2.39 bits per heavy atom. The van der Waals surface area contributed by atoms with Crippen molar-refractivity contribution in [3.63, 3.8) is 0 Å². The van der Waals surface area contributed by atoms with Gasteiger partial charge in [0.15, 0.2) is 0 Å². The molecular weight excluding hydrogens is 449 g/mol. The highest BCUT2D eigenvalue weighted by molar-refractivity contribution is 7.17. The summed E-state index contributed by atoms with van der Waals surface area (Å²) in [6.45, 7) is 1.30. The monoisotopic (exact) mass is 467 g/mol. The molecule has 2 N–H and O–H groups in total. The van der Waals surface area contributed by atoms with Gasteiger partial charge in [0, 0.05) is 11.3 Å². The standard InChI is InChI=1S/C21H18B2F2N3O4P/c1-20(13-4-7-15(32-23)8-5-13)18(29)28(19(30)27(20)10-2-3-11-31-22)14-6-9-17(26)16(12-14)21(24,25)33/h4-9,12H,10-11,26,33H2,1H3. The van der Waals surface area contributed by atoms with Gasteiger partial charge in [-0.25, -0.2) is 9.69 Å². The number of anilines is 2. The van der Waals surface area contributed by atoms with E-state index in [1.807, 2.05) is 0 Å². The van der Waals surface area contributed by atoms with Gasteiger partial charge in [0.1, 0.15) is 5.54 Å². The van der Waals surface area contributed by atoms with Crippen molar-refractivity contribution in [2.75, 3.05) is 23.8 Å². The number of rotatable bonds is 6. The van der Waals surface area contributed by atoms with Gasteiger partial charge >= 0.3 is 14.1 Å². The van der Waals surface area contributed by atoms with Gasteiger partial charge in [-0.15, -0.1) is 0 Å². The number of nitrogen functional groups attached to an aromatic ring is 1. The number of hydrogen-bond donors (Lipinski definition) is 1. The van der Waals surface area contributed by atoms with Crippen molar-refractivity contribution in [3.8, 4) is 17.6 Å². The molecule has 2 unspecified atom stereocenters. The Hall–Kier alpha value is -3.08. The number of imide groups is 1. The van der Waals surface area contributed by atoms with Gasteiger partial charge in [-0.3, -0.25) is 9.69 Å². The first kappa shape index (κ1) is 24.6. The molecule has 1 aliphatic rings. The highest BCUT2D eigenvalue weighted by Gasteiger charge is 2.55. The molecular formula is C21H18B2F2N3O4P. The van der Waals surface area contributed by atoms with Gasteiger partial charge in [0.2, 0.25) is 0 Å². The van der Waals surface area contributed by atoms with Crippen molar-refractivity contribution in [2.24, 2.45) is 0 Å². The largest absolute Gasteiger partial charge is 0.568 e. The van der Waals surface area contributed by atoms with Crippen molar-refractivity contribution in [1.29, 1.82) is 0 Å². The summed E-state index contributed by atoms with van der Waals surface area (Å²) in [6, 6.07) is 9.03. The van der Waals surface area contributed by atoms with Crippen molar-refractivity contribution >= 4 is 48.7 Å². The predicted molar refractivity (Wildman–Crippen MR) is 124 cm³/mol. The van der Waals surface area contributed by atoms with Gasteiger partial charge in [0.05, 0.1) is 24.6 Å². The first-order chi connectivity index (χ1) is 15.6. The van der Waals surface area contributed by atoms with Crippen LogP contribution in [0.3, 0.4) is 0 Å². The summed E-state index contributed by atoms with van der Waals surface area (Å²) in [6.07, 6.45) is 0. The number of nitrogens with two attached hydrogens (primary N) is 1. The average Bonchev–Trinajstić information content (AvgIpc) is 2.97. The topological polar surface area (TPSA) is 85.1 Å². The third-order valence-corrected chi connectivity index (χ3v) is 5.62. The minimum atomic E-state index is -3.36. The number of hydrogen-bond acceptors (Lipinski definition) is 5. The molecule has 12 heteroatoms. The van der Waals surface area contributed by atoms with Crippen LogP contribution in [-0.2, 0) is 20.7 Å². The average molecular weight is 467 g/mol. The highest BCUT2D eigenvalue weighted by atomic mass is 31.0. The van der Waals surface area contributed by atoms with Crippen LogP contribution in [0.5, 0.6) is 5.75 Å². The second-order valence-corrected chi connectivity index (χ2v) is 8.01. The zero-order valence-corrected chi connectivity index (χ0v) is 18.7. The number of amides is 3. The lowest BCUT2D eigenvalue weighted by Gasteiger charge is -2.30. The predicted octanol–water partition coefficient (Wildman–Crippen LogP) is 2.44. The van der Waals surface area contributed by atoms with Crippen LogP contribution in [-0.4, -0.2) is 46.1 Å². The quantitative estimate of drug-likeness (QED) is 0.232. The van der Waals surface area contributed by atoms with Gasteiger partial charge in [-0.1, -0.05) is 33.2 Å². The van der Waals surface area contributed by atoms with Crippen molar-refractivity contribution in [2.45, 2.75) is 18.1 Å². The number of carbonyl (C=O) groups is 2. The van der Waals surface area contributed by atoms with Crippen LogP contribution >= 0.6 is 9.24 Å². The van der Waals surface area contributed by atoms with Crippen LogP contribution in [0.4, 0.5) is 25.0 Å². The van der Waals surface area contributed by atoms with E-state index in [9.17, 15) is 18.4 Å². The number of benzene rings is 2. The minimum Gasteiger partial charge on any atom is -0.568 e. The lowest BCUT2D eigenvalue weighted by atomic mass is 9.90. The molecule has 2 aromatic rings. The third-order valence-electron chi connectivity index (χ3n) is 5.31. The van der Waals surface area contributed by atoms with Crippen LogP contribution in [0.25, 0.3) is 0 Å². The van der Waals surface area contributed by atoms with Crippen LogP contribution in [0.15, 0.2) is 42.5 Å². The molecule has 1 fully saturated rings. The maximum absolute atomic E-state index is 14.0. The number of nitrogens with zero attached hydrogens (tertiary/aromatic N) is 2. The van der Waals surface area contributed by atoms with E-state index >= 15 is 0 Å². The summed E-state index contributed by atoms with van der Waals surface area (Å²) in [5.74, 6) is 5.03. The molecule has 1 saturated heterocycles. The van der Waals surface area contributed by atoms with Crippen LogP contribution < -0.4 is 15.3 Å². The second kappa shape index (κ2) is 9.42. The molecule has 1 heterocycles. The van der Waals surface area contributed by atoms with Crippen LogP contribution in [0.2, 0.25) is 0 Å². The Morgan fingerprint density at radius 1 is 1.15 bits per heavy atom. The first-order valence-corrected chi connectivity index (χ1v) is 10.1. The molecule has 0 aliphatic carbocycles. The maximum atomic E-state index is 14.0. The third kappa shape index (κ3) is 4.54.